The largest absolute Gasteiger partial charge is 0.387 e. The molecule has 1 aliphatic carbocycles. The number of hydrogen-bond donors (Lipinski definition) is 6. The summed E-state index contributed by atoms with van der Waals surface area (Å²) in [7, 11) is 0. The van der Waals surface area contributed by atoms with E-state index in [4.69, 9.17) is 15.6 Å². The number of aliphatic hydroxyl groups is 5. The summed E-state index contributed by atoms with van der Waals surface area (Å²) in [5.74, 6) is 0. The highest BCUT2D eigenvalue weighted by molar-refractivity contribution is 4.99. The summed E-state index contributed by atoms with van der Waals surface area (Å²) >= 11 is 0. The van der Waals surface area contributed by atoms with E-state index in [0.29, 0.717) is 0 Å². The molecule has 0 amide bonds. The third kappa shape index (κ3) is 1.89. The van der Waals surface area contributed by atoms with Gasteiger partial charge in [-0.25, -0.2) is 0 Å². The Morgan fingerprint density at radius 2 is 1.14 bits per heavy atom. The molecule has 14 heavy (non-hydrogen) atoms. The van der Waals surface area contributed by atoms with Gasteiger partial charge < -0.3 is 36.0 Å². The van der Waals surface area contributed by atoms with Crippen molar-refractivity contribution < 1.29 is 30.3 Å². The van der Waals surface area contributed by atoms with E-state index in [9.17, 15) is 20.4 Å². The van der Waals surface area contributed by atoms with E-state index in [1.54, 1.807) is 0 Å². The molecule has 0 aromatic heterocycles. The van der Waals surface area contributed by atoms with Crippen LogP contribution in [0.2, 0.25) is 0 Å². The minimum Gasteiger partial charge on any atom is -0.387 e. The molecule has 0 saturated heterocycles. The number of hydrogen-bond acceptors (Lipinski definition) is 7. The van der Waals surface area contributed by atoms with Crippen LogP contribution in [0.15, 0.2) is 0 Å². The van der Waals surface area contributed by atoms with Crippen LogP contribution in [-0.2, 0) is 4.74 Å². The van der Waals surface area contributed by atoms with Crippen LogP contribution in [0.4, 0.5) is 0 Å². The summed E-state index contributed by atoms with van der Waals surface area (Å²) in [6.45, 7) is -0.270. The van der Waals surface area contributed by atoms with Gasteiger partial charge in [-0.3, -0.25) is 0 Å². The zero-order valence-electron chi connectivity index (χ0n) is 7.39. The van der Waals surface area contributed by atoms with Crippen LogP contribution in [-0.4, -0.2) is 68.9 Å². The fourth-order valence-corrected chi connectivity index (χ4v) is 1.51. The maximum atomic E-state index is 9.37. The molecule has 84 valence electrons. The quantitative estimate of drug-likeness (QED) is 0.256. The van der Waals surface area contributed by atoms with Crippen molar-refractivity contribution in [1.82, 2.24) is 0 Å². The Kier molecular flexibility index (Phi) is 3.78. The Hall–Kier alpha value is -0.280. The minimum absolute atomic E-state index is 0.270. The van der Waals surface area contributed by atoms with E-state index < -0.39 is 36.6 Å². The van der Waals surface area contributed by atoms with E-state index in [-0.39, 0.29) is 6.73 Å². The molecule has 0 radical (unpaired) electrons. The molecule has 0 aromatic carbocycles. The maximum absolute atomic E-state index is 9.37. The molecule has 0 aromatic rings. The highest BCUT2D eigenvalue weighted by Crippen LogP contribution is 2.23. The first-order valence-corrected chi connectivity index (χ1v) is 4.22. The first kappa shape index (κ1) is 11.8. The molecule has 1 rings (SSSR count). The van der Waals surface area contributed by atoms with Gasteiger partial charge >= 0.3 is 0 Å². The van der Waals surface area contributed by atoms with Crippen molar-refractivity contribution in [2.45, 2.75) is 36.6 Å². The molecule has 7 heteroatoms. The lowest BCUT2D eigenvalue weighted by Crippen LogP contribution is -2.64. The molecular formula is C7H15NO6. The molecule has 7 nitrogen and oxygen atoms in total. The number of rotatable bonds is 2. The van der Waals surface area contributed by atoms with Gasteiger partial charge in [0.15, 0.2) is 0 Å². The summed E-state index contributed by atoms with van der Waals surface area (Å²) in [5, 5.41) is 46.4. The first-order chi connectivity index (χ1) is 6.50. The molecule has 1 saturated carbocycles. The van der Waals surface area contributed by atoms with Crippen molar-refractivity contribution in [3.63, 3.8) is 0 Å². The summed E-state index contributed by atoms with van der Waals surface area (Å²) in [6.07, 6.45) is -8.89. The fraction of sp³-hybridized carbons (Fsp3) is 1.00. The smallest absolute Gasteiger partial charge is 0.116 e. The van der Waals surface area contributed by atoms with Crippen LogP contribution < -0.4 is 5.73 Å². The van der Waals surface area contributed by atoms with Gasteiger partial charge in [-0.2, -0.15) is 0 Å². The monoisotopic (exact) mass is 209 g/mol. The van der Waals surface area contributed by atoms with Crippen LogP contribution in [0.1, 0.15) is 0 Å². The topological polar surface area (TPSA) is 136 Å². The minimum atomic E-state index is -1.60. The third-order valence-electron chi connectivity index (χ3n) is 2.36. The van der Waals surface area contributed by atoms with Gasteiger partial charge in [0.1, 0.15) is 36.6 Å². The molecule has 7 N–H and O–H groups in total. The van der Waals surface area contributed by atoms with Crippen LogP contribution in [0, 0.1) is 0 Å². The molecular weight excluding hydrogens is 194 g/mol. The van der Waals surface area contributed by atoms with Crippen LogP contribution in [0.5, 0.6) is 0 Å². The van der Waals surface area contributed by atoms with E-state index in [1.165, 1.54) is 0 Å². The Bertz CT molecular complexity index is 175. The van der Waals surface area contributed by atoms with Crippen molar-refractivity contribution in [3.05, 3.63) is 0 Å². The molecule has 0 bridgehead atoms. The van der Waals surface area contributed by atoms with E-state index in [0.717, 1.165) is 0 Å². The van der Waals surface area contributed by atoms with Gasteiger partial charge in [-0.05, 0) is 0 Å². The van der Waals surface area contributed by atoms with E-state index in [2.05, 4.69) is 0 Å². The van der Waals surface area contributed by atoms with Crippen molar-refractivity contribution in [2.24, 2.45) is 5.73 Å². The van der Waals surface area contributed by atoms with Crippen molar-refractivity contribution in [1.29, 1.82) is 0 Å². The van der Waals surface area contributed by atoms with Crippen molar-refractivity contribution in [3.8, 4) is 0 Å². The van der Waals surface area contributed by atoms with Gasteiger partial charge in [0.05, 0.1) is 6.73 Å². The summed E-state index contributed by atoms with van der Waals surface area (Å²) in [4.78, 5) is 0. The lowest BCUT2D eigenvalue weighted by molar-refractivity contribution is -0.234. The number of nitrogens with two attached hydrogens (primary N) is 1. The third-order valence-corrected chi connectivity index (χ3v) is 2.36. The van der Waals surface area contributed by atoms with E-state index >= 15 is 0 Å². The van der Waals surface area contributed by atoms with Gasteiger partial charge in [-0.15, -0.1) is 0 Å². The summed E-state index contributed by atoms with van der Waals surface area (Å²) in [6, 6.07) is 0. The average Bonchev–Trinajstić information content (AvgIpc) is 2.19. The highest BCUT2D eigenvalue weighted by Gasteiger charge is 2.48. The number of ether oxygens (including phenoxy) is 1. The lowest BCUT2D eigenvalue weighted by atomic mass is 9.85. The van der Waals surface area contributed by atoms with Crippen LogP contribution >= 0.6 is 0 Å². The maximum Gasteiger partial charge on any atom is 0.116 e. The second-order valence-electron chi connectivity index (χ2n) is 3.25. The zero-order chi connectivity index (χ0) is 10.9. The predicted molar refractivity (Wildman–Crippen MR) is 44.0 cm³/mol. The fourth-order valence-electron chi connectivity index (χ4n) is 1.51. The average molecular weight is 209 g/mol. The van der Waals surface area contributed by atoms with E-state index in [1.807, 2.05) is 0 Å². The molecule has 0 aliphatic heterocycles. The van der Waals surface area contributed by atoms with Crippen LogP contribution in [0.25, 0.3) is 0 Å². The SMILES string of the molecule is NCOC1[C@@H](O)[C@H](O)C(O)[C@H](O)[C@@H]1O. The Morgan fingerprint density at radius 3 is 1.50 bits per heavy atom. The molecule has 0 heterocycles. The molecule has 6 atom stereocenters. The second-order valence-corrected chi connectivity index (χ2v) is 3.25. The molecule has 1 aliphatic rings. The number of aliphatic hydroxyl groups excluding tert-OH is 5. The summed E-state index contributed by atoms with van der Waals surface area (Å²) < 4.78 is 4.74. The second kappa shape index (κ2) is 4.49. The lowest BCUT2D eigenvalue weighted by Gasteiger charge is -2.41. The van der Waals surface area contributed by atoms with Gasteiger partial charge in [-0.1, -0.05) is 0 Å². The Balaban J connectivity index is 2.75. The van der Waals surface area contributed by atoms with Crippen molar-refractivity contribution in [2.75, 3.05) is 6.73 Å². The highest BCUT2D eigenvalue weighted by atomic mass is 16.5. The standard InChI is InChI=1S/C7H15NO6/c8-1-14-7-5(12)3(10)2(9)4(11)6(7)13/h2-7,9-13H,1,8H2/t2?,3-,4+,5-,6-,7?/m0/s1. The first-order valence-electron chi connectivity index (χ1n) is 4.22. The Morgan fingerprint density at radius 1 is 0.786 bits per heavy atom. The van der Waals surface area contributed by atoms with Crippen LogP contribution in [0.3, 0.4) is 0 Å². The normalized spacial score (nSPS) is 49.3. The predicted octanol–water partition coefficient (Wildman–Crippen LogP) is -3.89. The summed E-state index contributed by atoms with van der Waals surface area (Å²) in [5.41, 5.74) is 5.04. The van der Waals surface area contributed by atoms with Gasteiger partial charge in [0, 0.05) is 0 Å². The molecule has 0 spiro atoms. The molecule has 2 unspecified atom stereocenters. The van der Waals surface area contributed by atoms with Crippen molar-refractivity contribution >= 4 is 0 Å². The zero-order valence-corrected chi connectivity index (χ0v) is 7.39. The van der Waals surface area contributed by atoms with Gasteiger partial charge in [0.25, 0.3) is 0 Å². The molecule has 1 fully saturated rings. The van der Waals surface area contributed by atoms with Gasteiger partial charge in [0.2, 0.25) is 0 Å². The Labute approximate surface area is 80.3 Å².